The second-order valence-corrected chi connectivity index (χ2v) is 7.00. The molecule has 21 heavy (non-hydrogen) atoms. The Kier molecular flexibility index (Phi) is 4.75. The molecule has 2 aromatic rings. The van der Waals surface area contributed by atoms with E-state index in [0.717, 1.165) is 0 Å². The van der Waals surface area contributed by atoms with Crippen LogP contribution in [-0.4, -0.2) is 20.0 Å². The minimum absolute atomic E-state index is 0.0851. The molecule has 0 N–H and O–H groups in total. The molecule has 2 aromatic carbocycles. The number of hydrogen-bond acceptors (Lipinski definition) is 3. The highest BCUT2D eigenvalue weighted by molar-refractivity contribution is 7.91. The van der Waals surface area contributed by atoms with Gasteiger partial charge in [0.05, 0.1) is 10.6 Å². The van der Waals surface area contributed by atoms with Crippen LogP contribution in [0, 0.1) is 5.82 Å². The Morgan fingerprint density at radius 2 is 1.76 bits per heavy atom. The Hall–Kier alpha value is -1.72. The van der Waals surface area contributed by atoms with Crippen molar-refractivity contribution in [1.82, 2.24) is 0 Å². The third kappa shape index (κ3) is 4.12. The molecule has 0 aliphatic rings. The topological polar surface area (TPSA) is 51.2 Å². The van der Waals surface area contributed by atoms with Crippen molar-refractivity contribution >= 4 is 27.2 Å². The molecule has 2 rings (SSSR count). The average Bonchev–Trinajstić information content (AvgIpc) is 2.45. The molecule has 0 saturated carbocycles. The quantitative estimate of drug-likeness (QED) is 0.790. The summed E-state index contributed by atoms with van der Waals surface area (Å²) in [5, 5.41) is 0.320. The molecule has 6 heteroatoms. The van der Waals surface area contributed by atoms with Gasteiger partial charge in [-0.1, -0.05) is 17.7 Å². The molecule has 0 bridgehead atoms. The molecule has 110 valence electrons. The summed E-state index contributed by atoms with van der Waals surface area (Å²) < 4.78 is 37.0. The van der Waals surface area contributed by atoms with Crippen molar-refractivity contribution < 1.29 is 17.6 Å². The van der Waals surface area contributed by atoms with Crippen LogP contribution in [0.1, 0.15) is 16.8 Å². The van der Waals surface area contributed by atoms with Crippen molar-refractivity contribution in [2.75, 3.05) is 5.75 Å². The zero-order valence-electron chi connectivity index (χ0n) is 10.9. The van der Waals surface area contributed by atoms with Gasteiger partial charge in [0.1, 0.15) is 5.82 Å². The van der Waals surface area contributed by atoms with Crippen molar-refractivity contribution in [3.8, 4) is 0 Å². The molecule has 0 saturated heterocycles. The summed E-state index contributed by atoms with van der Waals surface area (Å²) in [4.78, 5) is 12.0. The first-order valence-electron chi connectivity index (χ1n) is 6.15. The predicted octanol–water partition coefficient (Wildman–Crippen LogP) is 3.53. The molecule has 0 aliphatic heterocycles. The van der Waals surface area contributed by atoms with Gasteiger partial charge in [-0.15, -0.1) is 0 Å². The maximum Gasteiger partial charge on any atom is 0.178 e. The van der Waals surface area contributed by atoms with Crippen molar-refractivity contribution in [2.45, 2.75) is 11.3 Å². The summed E-state index contributed by atoms with van der Waals surface area (Å²) in [6.07, 6.45) is -0.166. The molecule has 0 unspecified atom stereocenters. The van der Waals surface area contributed by atoms with Gasteiger partial charge < -0.3 is 0 Å². The van der Waals surface area contributed by atoms with Gasteiger partial charge in [0, 0.05) is 17.0 Å². The van der Waals surface area contributed by atoms with Crippen LogP contribution in [0.5, 0.6) is 0 Å². The number of ketones is 1. The fourth-order valence-corrected chi connectivity index (χ4v) is 3.32. The predicted molar refractivity (Wildman–Crippen MR) is 78.9 cm³/mol. The summed E-state index contributed by atoms with van der Waals surface area (Å²) in [5.74, 6) is -1.11. The number of halogens is 2. The van der Waals surface area contributed by atoms with E-state index < -0.39 is 15.7 Å². The molecule has 0 radical (unpaired) electrons. The number of benzene rings is 2. The molecule has 3 nitrogen and oxygen atoms in total. The molecular formula is C15H12ClFO3S. The monoisotopic (exact) mass is 326 g/mol. The Labute approximate surface area is 127 Å². The van der Waals surface area contributed by atoms with Gasteiger partial charge in [-0.05, 0) is 42.5 Å². The number of hydrogen-bond donors (Lipinski definition) is 0. The Morgan fingerprint density at radius 3 is 2.38 bits per heavy atom. The highest BCUT2D eigenvalue weighted by Gasteiger charge is 2.17. The minimum Gasteiger partial charge on any atom is -0.294 e. The third-order valence-electron chi connectivity index (χ3n) is 2.92. The third-order valence-corrected chi connectivity index (χ3v) is 4.87. The van der Waals surface area contributed by atoms with E-state index in [9.17, 15) is 17.6 Å². The van der Waals surface area contributed by atoms with Crippen LogP contribution in [0.4, 0.5) is 4.39 Å². The first-order chi connectivity index (χ1) is 9.88. The summed E-state index contributed by atoms with van der Waals surface area (Å²) in [5.41, 5.74) is 0.290. The van der Waals surface area contributed by atoms with Crippen molar-refractivity contribution in [3.63, 3.8) is 0 Å². The van der Waals surface area contributed by atoms with Crippen LogP contribution < -0.4 is 0 Å². The molecule has 0 aliphatic carbocycles. The molecule has 0 spiro atoms. The lowest BCUT2D eigenvalue weighted by molar-refractivity contribution is 0.0988. The Bertz CT molecular complexity index is 755. The van der Waals surface area contributed by atoms with Gasteiger partial charge in [0.15, 0.2) is 15.6 Å². The molecule has 0 amide bonds. The van der Waals surface area contributed by atoms with E-state index in [1.807, 2.05) is 0 Å². The second-order valence-electron chi connectivity index (χ2n) is 4.46. The summed E-state index contributed by atoms with van der Waals surface area (Å²) in [6, 6.07) is 10.9. The fraction of sp³-hybridized carbons (Fsp3) is 0.133. The number of carbonyl (C=O) groups excluding carboxylic acids is 1. The molecule has 0 atom stereocenters. The molecular weight excluding hydrogens is 315 g/mol. The summed E-state index contributed by atoms with van der Waals surface area (Å²) in [6.45, 7) is 0. The number of carbonyl (C=O) groups is 1. The maximum atomic E-state index is 12.8. The Balaban J connectivity index is 2.08. The van der Waals surface area contributed by atoms with E-state index in [4.69, 9.17) is 11.6 Å². The van der Waals surface area contributed by atoms with Crippen LogP contribution in [0.3, 0.4) is 0 Å². The zero-order chi connectivity index (χ0) is 15.5. The van der Waals surface area contributed by atoms with Gasteiger partial charge in [-0.3, -0.25) is 4.79 Å². The van der Waals surface area contributed by atoms with Gasteiger partial charge >= 0.3 is 0 Å². The Morgan fingerprint density at radius 1 is 1.10 bits per heavy atom. The maximum absolute atomic E-state index is 12.8. The first kappa shape index (κ1) is 15.7. The highest BCUT2D eigenvalue weighted by Crippen LogP contribution is 2.18. The van der Waals surface area contributed by atoms with Crippen LogP contribution in [0.2, 0.25) is 5.02 Å². The van der Waals surface area contributed by atoms with Crippen LogP contribution in [-0.2, 0) is 9.84 Å². The van der Waals surface area contributed by atoms with Gasteiger partial charge in [0.25, 0.3) is 0 Å². The van der Waals surface area contributed by atoms with E-state index in [1.54, 1.807) is 6.07 Å². The second kappa shape index (κ2) is 6.37. The highest BCUT2D eigenvalue weighted by atomic mass is 35.5. The summed E-state index contributed by atoms with van der Waals surface area (Å²) >= 11 is 5.76. The van der Waals surface area contributed by atoms with Crippen LogP contribution >= 0.6 is 11.6 Å². The van der Waals surface area contributed by atoms with Gasteiger partial charge in [-0.2, -0.15) is 0 Å². The van der Waals surface area contributed by atoms with Crippen molar-refractivity contribution in [3.05, 3.63) is 64.9 Å². The lowest BCUT2D eigenvalue weighted by Crippen LogP contribution is -2.11. The molecule has 0 fully saturated rings. The minimum atomic E-state index is -3.57. The lowest BCUT2D eigenvalue weighted by Gasteiger charge is -2.05. The largest absolute Gasteiger partial charge is 0.294 e. The smallest absolute Gasteiger partial charge is 0.178 e. The van der Waals surface area contributed by atoms with E-state index in [0.29, 0.717) is 5.02 Å². The summed E-state index contributed by atoms with van der Waals surface area (Å²) in [7, 11) is -3.57. The van der Waals surface area contributed by atoms with Crippen LogP contribution in [0.25, 0.3) is 0 Å². The van der Waals surface area contributed by atoms with Gasteiger partial charge in [-0.25, -0.2) is 12.8 Å². The van der Waals surface area contributed by atoms with Crippen molar-refractivity contribution in [2.24, 2.45) is 0 Å². The van der Waals surface area contributed by atoms with Crippen molar-refractivity contribution in [1.29, 1.82) is 0 Å². The van der Waals surface area contributed by atoms with E-state index in [1.165, 1.54) is 42.5 Å². The van der Waals surface area contributed by atoms with Crippen LogP contribution in [0.15, 0.2) is 53.4 Å². The van der Waals surface area contributed by atoms with E-state index in [-0.39, 0.29) is 28.4 Å². The number of Topliss-reactive ketones (excluding diaryl/α,β-unsaturated/α-hetero) is 1. The fourth-order valence-electron chi connectivity index (χ4n) is 1.79. The SMILES string of the molecule is O=C(CCS(=O)(=O)c1cccc(Cl)c1)c1ccc(F)cc1. The number of rotatable bonds is 5. The van der Waals surface area contributed by atoms with Gasteiger partial charge in [0.2, 0.25) is 0 Å². The molecule has 0 heterocycles. The average molecular weight is 327 g/mol. The number of sulfone groups is 1. The van der Waals surface area contributed by atoms with E-state index in [2.05, 4.69) is 0 Å². The molecule has 0 aromatic heterocycles. The van der Waals surface area contributed by atoms with E-state index >= 15 is 0 Å². The normalized spacial score (nSPS) is 11.3. The zero-order valence-corrected chi connectivity index (χ0v) is 12.5. The standard InChI is InChI=1S/C15H12ClFO3S/c16-12-2-1-3-14(10-12)21(19,20)9-8-15(18)11-4-6-13(17)7-5-11/h1-7,10H,8-9H2. The lowest BCUT2D eigenvalue weighted by atomic mass is 10.1. The first-order valence-corrected chi connectivity index (χ1v) is 8.18.